The van der Waals surface area contributed by atoms with Crippen molar-refractivity contribution in [1.29, 1.82) is 0 Å². The second-order valence-corrected chi connectivity index (χ2v) is 7.13. The number of benzene rings is 1. The Bertz CT molecular complexity index is 793. The molecule has 6 nitrogen and oxygen atoms in total. The lowest BCUT2D eigenvalue weighted by molar-refractivity contribution is 0.0162. The second kappa shape index (κ2) is 9.61. The molecule has 28 heavy (non-hydrogen) atoms. The molecule has 2 N–H and O–H groups in total. The summed E-state index contributed by atoms with van der Waals surface area (Å²) >= 11 is 0. The molecule has 0 saturated carbocycles. The molecule has 0 spiro atoms. The van der Waals surface area contributed by atoms with Gasteiger partial charge in [-0.1, -0.05) is 12.1 Å². The number of carbonyl (C=O) groups excluding carboxylic acids is 1. The van der Waals surface area contributed by atoms with Crippen LogP contribution in [0, 0.1) is 5.82 Å². The lowest BCUT2D eigenvalue weighted by Gasteiger charge is -2.35. The highest BCUT2D eigenvalue weighted by atomic mass is 19.1. The Morgan fingerprint density at radius 3 is 2.75 bits per heavy atom. The summed E-state index contributed by atoms with van der Waals surface area (Å²) < 4.78 is 19.2. The lowest BCUT2D eigenvalue weighted by Crippen LogP contribution is -2.44. The van der Waals surface area contributed by atoms with Gasteiger partial charge in [-0.3, -0.25) is 9.69 Å². The van der Waals surface area contributed by atoms with Crippen LogP contribution in [0.15, 0.2) is 42.6 Å². The standard InChI is InChI=1S/C21H27FN4O2/c1-15(2)25-20-18(7-4-8-23-20)21(27)24-14-19(26-9-11-28-12-10-26)16-5-3-6-17(22)13-16/h3-8,13,15,19H,9-12,14H2,1-2H3,(H,23,25)(H,24,27). The van der Waals surface area contributed by atoms with E-state index in [4.69, 9.17) is 4.74 Å². The van der Waals surface area contributed by atoms with Crippen LogP contribution in [0.5, 0.6) is 0 Å². The highest BCUT2D eigenvalue weighted by Gasteiger charge is 2.24. The largest absolute Gasteiger partial charge is 0.379 e. The van der Waals surface area contributed by atoms with Crippen molar-refractivity contribution < 1.29 is 13.9 Å². The summed E-state index contributed by atoms with van der Waals surface area (Å²) in [6.07, 6.45) is 1.66. The molecule has 0 bridgehead atoms. The molecule has 1 aromatic heterocycles. The third kappa shape index (κ3) is 5.27. The minimum Gasteiger partial charge on any atom is -0.379 e. The van der Waals surface area contributed by atoms with Crippen LogP contribution in [0.3, 0.4) is 0 Å². The molecule has 3 rings (SSSR count). The molecule has 150 valence electrons. The molecule has 0 radical (unpaired) electrons. The van der Waals surface area contributed by atoms with Crippen LogP contribution in [0.1, 0.15) is 35.8 Å². The Labute approximate surface area is 165 Å². The first-order valence-electron chi connectivity index (χ1n) is 9.61. The monoisotopic (exact) mass is 386 g/mol. The summed E-state index contributed by atoms with van der Waals surface area (Å²) in [7, 11) is 0. The number of pyridine rings is 1. The number of anilines is 1. The molecule has 1 unspecified atom stereocenters. The number of halogens is 1. The summed E-state index contributed by atoms with van der Waals surface area (Å²) in [5.74, 6) is 0.0763. The lowest BCUT2D eigenvalue weighted by atomic mass is 10.0. The van der Waals surface area contributed by atoms with Gasteiger partial charge >= 0.3 is 0 Å². The Morgan fingerprint density at radius 1 is 1.25 bits per heavy atom. The number of amides is 1. The Kier molecular flexibility index (Phi) is 6.95. The molecule has 2 heterocycles. The first-order valence-corrected chi connectivity index (χ1v) is 9.61. The molecule has 0 aliphatic carbocycles. The molecular formula is C21H27FN4O2. The summed E-state index contributed by atoms with van der Waals surface area (Å²) in [6, 6.07) is 10.1. The molecule has 1 amide bonds. The van der Waals surface area contributed by atoms with E-state index < -0.39 is 0 Å². The molecule has 1 aromatic carbocycles. The van der Waals surface area contributed by atoms with Crippen LogP contribution < -0.4 is 10.6 Å². The van der Waals surface area contributed by atoms with E-state index in [1.54, 1.807) is 24.4 Å². The number of morpholine rings is 1. The van der Waals surface area contributed by atoms with Crippen molar-refractivity contribution in [1.82, 2.24) is 15.2 Å². The average molecular weight is 386 g/mol. The molecule has 2 aromatic rings. The minimum atomic E-state index is -0.280. The van der Waals surface area contributed by atoms with Gasteiger partial charge < -0.3 is 15.4 Å². The number of nitrogens with one attached hydrogen (secondary N) is 2. The molecule has 1 aliphatic rings. The van der Waals surface area contributed by atoms with Crippen LogP contribution >= 0.6 is 0 Å². The maximum atomic E-state index is 13.8. The normalized spacial score (nSPS) is 16.0. The quantitative estimate of drug-likeness (QED) is 0.766. The van der Waals surface area contributed by atoms with Gasteiger partial charge in [0.25, 0.3) is 5.91 Å². The zero-order chi connectivity index (χ0) is 19.9. The van der Waals surface area contributed by atoms with Crippen molar-refractivity contribution in [2.24, 2.45) is 0 Å². The number of aromatic nitrogens is 1. The Balaban J connectivity index is 1.75. The van der Waals surface area contributed by atoms with Crippen LogP contribution in [-0.2, 0) is 4.74 Å². The van der Waals surface area contributed by atoms with Crippen molar-refractivity contribution in [3.63, 3.8) is 0 Å². The van der Waals surface area contributed by atoms with E-state index in [0.29, 0.717) is 31.1 Å². The van der Waals surface area contributed by atoms with Crippen molar-refractivity contribution in [2.45, 2.75) is 25.9 Å². The summed E-state index contributed by atoms with van der Waals surface area (Å²) in [6.45, 7) is 7.10. The van der Waals surface area contributed by atoms with Gasteiger partial charge in [0, 0.05) is 31.9 Å². The van der Waals surface area contributed by atoms with Gasteiger partial charge in [-0.25, -0.2) is 9.37 Å². The van der Waals surface area contributed by atoms with E-state index in [-0.39, 0.29) is 23.8 Å². The zero-order valence-electron chi connectivity index (χ0n) is 16.3. The first-order chi connectivity index (χ1) is 13.5. The van der Waals surface area contributed by atoms with Crippen LogP contribution in [0.4, 0.5) is 10.2 Å². The van der Waals surface area contributed by atoms with E-state index in [1.165, 1.54) is 12.1 Å². The van der Waals surface area contributed by atoms with Crippen molar-refractivity contribution in [3.8, 4) is 0 Å². The van der Waals surface area contributed by atoms with Crippen molar-refractivity contribution in [3.05, 3.63) is 59.5 Å². The number of hydrogen-bond acceptors (Lipinski definition) is 5. The molecule has 1 atom stereocenters. The molecule has 1 saturated heterocycles. The third-order valence-corrected chi connectivity index (χ3v) is 4.65. The number of rotatable bonds is 7. The van der Waals surface area contributed by atoms with Gasteiger partial charge in [0.1, 0.15) is 11.6 Å². The molecule has 1 aliphatic heterocycles. The van der Waals surface area contributed by atoms with E-state index in [9.17, 15) is 9.18 Å². The highest BCUT2D eigenvalue weighted by Crippen LogP contribution is 2.22. The Morgan fingerprint density at radius 2 is 2.04 bits per heavy atom. The van der Waals surface area contributed by atoms with Gasteiger partial charge in [-0.05, 0) is 43.7 Å². The summed E-state index contributed by atoms with van der Waals surface area (Å²) in [5.41, 5.74) is 1.34. The van der Waals surface area contributed by atoms with Gasteiger partial charge in [0.2, 0.25) is 0 Å². The van der Waals surface area contributed by atoms with Crippen LogP contribution in [0.2, 0.25) is 0 Å². The maximum Gasteiger partial charge on any atom is 0.255 e. The second-order valence-electron chi connectivity index (χ2n) is 7.13. The third-order valence-electron chi connectivity index (χ3n) is 4.65. The van der Waals surface area contributed by atoms with E-state index >= 15 is 0 Å². The summed E-state index contributed by atoms with van der Waals surface area (Å²) in [5, 5.41) is 6.20. The fourth-order valence-corrected chi connectivity index (χ4v) is 3.32. The fraction of sp³-hybridized carbons (Fsp3) is 0.429. The highest BCUT2D eigenvalue weighted by molar-refractivity contribution is 5.98. The number of carbonyl (C=O) groups is 1. The summed E-state index contributed by atoms with van der Waals surface area (Å²) in [4.78, 5) is 19.3. The topological polar surface area (TPSA) is 66.5 Å². The molecular weight excluding hydrogens is 359 g/mol. The minimum absolute atomic E-state index is 0.123. The predicted molar refractivity (Wildman–Crippen MR) is 107 cm³/mol. The van der Waals surface area contributed by atoms with E-state index in [0.717, 1.165) is 18.7 Å². The van der Waals surface area contributed by atoms with Crippen LogP contribution in [-0.4, -0.2) is 54.7 Å². The number of hydrogen-bond donors (Lipinski definition) is 2. The van der Waals surface area contributed by atoms with Gasteiger partial charge in [-0.15, -0.1) is 0 Å². The van der Waals surface area contributed by atoms with Crippen LogP contribution in [0.25, 0.3) is 0 Å². The van der Waals surface area contributed by atoms with Gasteiger partial charge in [-0.2, -0.15) is 0 Å². The van der Waals surface area contributed by atoms with Crippen molar-refractivity contribution >= 4 is 11.7 Å². The average Bonchev–Trinajstić information content (AvgIpc) is 2.69. The Hall–Kier alpha value is -2.51. The van der Waals surface area contributed by atoms with E-state index in [1.807, 2.05) is 19.9 Å². The zero-order valence-corrected chi connectivity index (χ0v) is 16.3. The smallest absolute Gasteiger partial charge is 0.255 e. The van der Waals surface area contributed by atoms with Crippen molar-refractivity contribution in [2.75, 3.05) is 38.2 Å². The van der Waals surface area contributed by atoms with Gasteiger partial charge in [0.05, 0.1) is 24.8 Å². The first kappa shape index (κ1) is 20.2. The maximum absolute atomic E-state index is 13.8. The predicted octanol–water partition coefficient (Wildman–Crippen LogP) is 2.84. The molecule has 1 fully saturated rings. The number of nitrogens with zero attached hydrogens (tertiary/aromatic N) is 2. The van der Waals surface area contributed by atoms with Gasteiger partial charge in [0.15, 0.2) is 0 Å². The fourth-order valence-electron chi connectivity index (χ4n) is 3.32. The SMILES string of the molecule is CC(C)Nc1ncccc1C(=O)NCC(c1cccc(F)c1)N1CCOCC1. The molecule has 7 heteroatoms. The van der Waals surface area contributed by atoms with E-state index in [2.05, 4.69) is 20.5 Å². The number of ether oxygens (including phenoxy) is 1.